The maximum atomic E-state index is 13.3. The van der Waals surface area contributed by atoms with Crippen LogP contribution in [0.5, 0.6) is 0 Å². The van der Waals surface area contributed by atoms with Gasteiger partial charge in [-0.15, -0.1) is 0 Å². The highest BCUT2D eigenvalue weighted by Crippen LogP contribution is 2.21. The van der Waals surface area contributed by atoms with Crippen molar-refractivity contribution in [2.24, 2.45) is 0 Å². The summed E-state index contributed by atoms with van der Waals surface area (Å²) >= 11 is 0. The van der Waals surface area contributed by atoms with Crippen molar-refractivity contribution in [3.05, 3.63) is 65.8 Å². The van der Waals surface area contributed by atoms with E-state index in [1.165, 1.54) is 17.7 Å². The van der Waals surface area contributed by atoms with Gasteiger partial charge in [-0.2, -0.15) is 4.98 Å². The van der Waals surface area contributed by atoms with Crippen LogP contribution in [0.2, 0.25) is 0 Å². The average molecular weight is 438 g/mol. The second kappa shape index (κ2) is 10.0. The van der Waals surface area contributed by atoms with Crippen molar-refractivity contribution in [1.29, 1.82) is 0 Å². The first-order chi connectivity index (χ1) is 15.5. The smallest absolute Gasteiger partial charge is 0.241 e. The molecule has 0 bridgehead atoms. The first-order valence-corrected chi connectivity index (χ1v) is 10.9. The number of nitrogens with zero attached hydrogens (tertiary/aromatic N) is 4. The number of carbonyl (C=O) groups is 1. The average Bonchev–Trinajstić information content (AvgIpc) is 3.23. The van der Waals surface area contributed by atoms with Crippen LogP contribution in [0.15, 0.2) is 53.1 Å². The molecule has 0 unspecified atom stereocenters. The third-order valence-corrected chi connectivity index (χ3v) is 5.60. The molecule has 1 aromatic heterocycles. The van der Waals surface area contributed by atoms with Crippen molar-refractivity contribution in [2.75, 3.05) is 38.0 Å². The van der Waals surface area contributed by atoms with Gasteiger partial charge in [0.2, 0.25) is 17.6 Å². The first kappa shape index (κ1) is 22.1. The number of carbonyl (C=O) groups excluding carboxylic acids is 1. The summed E-state index contributed by atoms with van der Waals surface area (Å²) in [6.07, 6.45) is 0. The summed E-state index contributed by atoms with van der Waals surface area (Å²) < 4.78 is 18.7. The van der Waals surface area contributed by atoms with Gasteiger partial charge in [0, 0.05) is 37.4 Å². The molecule has 168 valence electrons. The summed E-state index contributed by atoms with van der Waals surface area (Å²) in [7, 11) is 0. The highest BCUT2D eigenvalue weighted by molar-refractivity contribution is 5.92. The Morgan fingerprint density at radius 2 is 1.81 bits per heavy atom. The number of hydrogen-bond acceptors (Lipinski definition) is 6. The number of aromatic nitrogens is 2. The topological polar surface area (TPSA) is 74.5 Å². The molecule has 1 N–H and O–H groups in total. The Balaban J connectivity index is 1.24. The summed E-state index contributed by atoms with van der Waals surface area (Å²) in [5, 5.41) is 6.87. The fourth-order valence-electron chi connectivity index (χ4n) is 3.72. The normalized spacial score (nSPS) is 15.2. The van der Waals surface area contributed by atoms with E-state index in [0.717, 1.165) is 31.7 Å². The molecule has 3 aromatic rings. The molecule has 4 rings (SSSR count). The van der Waals surface area contributed by atoms with Gasteiger partial charge < -0.3 is 9.84 Å². The monoisotopic (exact) mass is 437 g/mol. The Morgan fingerprint density at radius 1 is 1.09 bits per heavy atom. The highest BCUT2D eigenvalue weighted by atomic mass is 19.1. The fraction of sp³-hybridized carbons (Fsp3) is 0.375. The van der Waals surface area contributed by atoms with Gasteiger partial charge in [0.25, 0.3) is 0 Å². The molecule has 0 spiro atoms. The molecule has 1 fully saturated rings. The van der Waals surface area contributed by atoms with E-state index in [4.69, 9.17) is 4.52 Å². The van der Waals surface area contributed by atoms with Gasteiger partial charge in [-0.05, 0) is 29.7 Å². The number of benzene rings is 2. The van der Waals surface area contributed by atoms with Gasteiger partial charge in [-0.25, -0.2) is 4.39 Å². The molecule has 1 amide bonds. The molecule has 1 aliphatic rings. The number of amides is 1. The van der Waals surface area contributed by atoms with Gasteiger partial charge >= 0.3 is 0 Å². The summed E-state index contributed by atoms with van der Waals surface area (Å²) in [5.74, 6) is 1.16. The molecule has 1 saturated heterocycles. The lowest BCUT2D eigenvalue weighted by molar-refractivity contribution is -0.117. The summed E-state index contributed by atoms with van der Waals surface area (Å²) in [4.78, 5) is 21.1. The second-order valence-corrected chi connectivity index (χ2v) is 8.40. The van der Waals surface area contributed by atoms with Gasteiger partial charge in [-0.3, -0.25) is 14.6 Å². The minimum atomic E-state index is -0.367. The van der Waals surface area contributed by atoms with E-state index in [1.807, 2.05) is 12.1 Å². The first-order valence-electron chi connectivity index (χ1n) is 10.9. The number of piperazine rings is 1. The van der Waals surface area contributed by atoms with E-state index < -0.39 is 0 Å². The van der Waals surface area contributed by atoms with Gasteiger partial charge in [0.1, 0.15) is 5.82 Å². The molecule has 0 aliphatic carbocycles. The Morgan fingerprint density at radius 3 is 2.50 bits per heavy atom. The predicted octanol–water partition coefficient (Wildman–Crippen LogP) is 3.76. The molecule has 32 heavy (non-hydrogen) atoms. The number of nitrogens with one attached hydrogen (secondary N) is 1. The Labute approximate surface area is 187 Å². The SMILES string of the molecule is CC(C)c1ccc(-c2noc(CN3CCN(CC(=O)Nc4cccc(F)c4)CC3)n2)cc1. The minimum Gasteiger partial charge on any atom is -0.338 e. The summed E-state index contributed by atoms with van der Waals surface area (Å²) in [6, 6.07) is 14.2. The molecule has 0 saturated carbocycles. The standard InChI is InChI=1S/C24H28FN5O2/c1-17(2)18-6-8-19(9-7-18)24-27-23(32-28-24)16-30-12-10-29(11-13-30)15-22(31)26-21-5-3-4-20(25)14-21/h3-9,14,17H,10-13,15-16H2,1-2H3,(H,26,31). The van der Waals surface area contributed by atoms with E-state index in [0.29, 0.717) is 29.9 Å². The fourth-order valence-corrected chi connectivity index (χ4v) is 3.72. The summed E-state index contributed by atoms with van der Waals surface area (Å²) in [6.45, 7) is 8.31. The van der Waals surface area contributed by atoms with E-state index in [2.05, 4.69) is 51.2 Å². The van der Waals surface area contributed by atoms with Crippen LogP contribution < -0.4 is 5.32 Å². The molecule has 2 heterocycles. The van der Waals surface area contributed by atoms with Crippen molar-refractivity contribution in [2.45, 2.75) is 26.3 Å². The largest absolute Gasteiger partial charge is 0.338 e. The predicted molar refractivity (Wildman–Crippen MR) is 121 cm³/mol. The van der Waals surface area contributed by atoms with Crippen LogP contribution in [0, 0.1) is 5.82 Å². The minimum absolute atomic E-state index is 0.144. The quantitative estimate of drug-likeness (QED) is 0.607. The molecule has 8 heteroatoms. The highest BCUT2D eigenvalue weighted by Gasteiger charge is 2.21. The van der Waals surface area contributed by atoms with Crippen molar-refractivity contribution < 1.29 is 13.7 Å². The van der Waals surface area contributed by atoms with Crippen LogP contribution in [0.4, 0.5) is 10.1 Å². The van der Waals surface area contributed by atoms with Gasteiger partial charge in [-0.1, -0.05) is 49.3 Å². The van der Waals surface area contributed by atoms with Crippen molar-refractivity contribution in [1.82, 2.24) is 19.9 Å². The third-order valence-electron chi connectivity index (χ3n) is 5.60. The van der Waals surface area contributed by atoms with Crippen molar-refractivity contribution >= 4 is 11.6 Å². The molecule has 0 radical (unpaired) electrons. The number of anilines is 1. The third kappa shape index (κ3) is 5.77. The zero-order chi connectivity index (χ0) is 22.5. The number of rotatable bonds is 7. The molecular weight excluding hydrogens is 409 g/mol. The molecule has 7 nitrogen and oxygen atoms in total. The van der Waals surface area contributed by atoms with Crippen molar-refractivity contribution in [3.8, 4) is 11.4 Å². The second-order valence-electron chi connectivity index (χ2n) is 8.40. The van der Waals surface area contributed by atoms with E-state index in [1.54, 1.807) is 12.1 Å². The Hall–Kier alpha value is -3.10. The lowest BCUT2D eigenvalue weighted by atomic mass is 10.0. The molecule has 2 aromatic carbocycles. The van der Waals surface area contributed by atoms with Crippen LogP contribution in [-0.2, 0) is 11.3 Å². The van der Waals surface area contributed by atoms with E-state index in [9.17, 15) is 9.18 Å². The van der Waals surface area contributed by atoms with Crippen LogP contribution in [0.1, 0.15) is 31.2 Å². The lowest BCUT2D eigenvalue weighted by Gasteiger charge is -2.33. The van der Waals surface area contributed by atoms with Crippen LogP contribution in [0.25, 0.3) is 11.4 Å². The van der Waals surface area contributed by atoms with Crippen molar-refractivity contribution in [3.63, 3.8) is 0 Å². The molecule has 1 aliphatic heterocycles. The maximum absolute atomic E-state index is 13.3. The zero-order valence-electron chi connectivity index (χ0n) is 18.4. The number of halogens is 1. The summed E-state index contributed by atoms with van der Waals surface area (Å²) in [5.41, 5.74) is 2.69. The lowest BCUT2D eigenvalue weighted by Crippen LogP contribution is -2.48. The van der Waals surface area contributed by atoms with Crippen LogP contribution in [-0.4, -0.2) is 58.6 Å². The van der Waals surface area contributed by atoms with Gasteiger partial charge in [0.15, 0.2) is 0 Å². The van der Waals surface area contributed by atoms with E-state index in [-0.39, 0.29) is 18.3 Å². The van der Waals surface area contributed by atoms with Crippen LogP contribution >= 0.6 is 0 Å². The maximum Gasteiger partial charge on any atom is 0.241 e. The van der Waals surface area contributed by atoms with E-state index >= 15 is 0 Å². The van der Waals surface area contributed by atoms with Gasteiger partial charge in [0.05, 0.1) is 13.1 Å². The number of hydrogen-bond donors (Lipinski definition) is 1. The zero-order valence-corrected chi connectivity index (χ0v) is 18.4. The Bertz CT molecular complexity index is 1040. The molecule has 0 atom stereocenters. The Kier molecular flexibility index (Phi) is 6.92. The van der Waals surface area contributed by atoms with Crippen LogP contribution in [0.3, 0.4) is 0 Å². The molecular formula is C24H28FN5O2.